The lowest BCUT2D eigenvalue weighted by Crippen LogP contribution is -2.15. The van der Waals surface area contributed by atoms with Crippen LogP contribution in [0.2, 0.25) is 0 Å². The van der Waals surface area contributed by atoms with Crippen molar-refractivity contribution in [2.45, 2.75) is 19.3 Å². The molecule has 18 heavy (non-hydrogen) atoms. The van der Waals surface area contributed by atoms with E-state index in [9.17, 15) is 4.79 Å². The molecule has 1 aliphatic carbocycles. The second-order valence-electron chi connectivity index (χ2n) is 4.67. The molecule has 0 unspecified atom stereocenters. The van der Waals surface area contributed by atoms with Crippen LogP contribution in [-0.4, -0.2) is 10.9 Å². The minimum absolute atomic E-state index is 0.0132. The van der Waals surface area contributed by atoms with Gasteiger partial charge in [-0.3, -0.25) is 4.79 Å². The quantitative estimate of drug-likeness (QED) is 0.900. The lowest BCUT2D eigenvalue weighted by molar-refractivity contribution is -0.117. The summed E-state index contributed by atoms with van der Waals surface area (Å²) in [7, 11) is 0. The summed E-state index contributed by atoms with van der Waals surface area (Å²) in [6.07, 6.45) is 4.24. The van der Waals surface area contributed by atoms with Gasteiger partial charge in [-0.1, -0.05) is 6.07 Å². The van der Waals surface area contributed by atoms with Crippen molar-refractivity contribution >= 4 is 11.7 Å². The summed E-state index contributed by atoms with van der Waals surface area (Å²) in [5.41, 5.74) is 1.08. The van der Waals surface area contributed by atoms with Gasteiger partial charge in [0.05, 0.1) is 6.26 Å². The van der Waals surface area contributed by atoms with Crippen LogP contribution in [-0.2, 0) is 4.79 Å². The Bertz CT molecular complexity index is 546. The van der Waals surface area contributed by atoms with E-state index in [1.165, 1.54) is 0 Å². The fraction of sp³-hybridized carbons (Fsp3) is 0.286. The number of carbonyl (C=O) groups is 1. The molecule has 0 radical (unpaired) electrons. The van der Waals surface area contributed by atoms with Crippen LogP contribution in [0.1, 0.15) is 23.7 Å². The van der Waals surface area contributed by atoms with Crippen molar-refractivity contribution in [1.29, 1.82) is 0 Å². The van der Waals surface area contributed by atoms with E-state index in [-0.39, 0.29) is 17.7 Å². The average Bonchev–Trinajstić information content (AvgIpc) is 2.99. The SMILES string of the molecule is Cc1ccc(NC(=O)[C@@H]2C[C@@H]2c2ccco2)nc1. The van der Waals surface area contributed by atoms with Crippen LogP contribution in [0.15, 0.2) is 41.1 Å². The number of aryl methyl sites for hydroxylation is 1. The maximum Gasteiger partial charge on any atom is 0.229 e. The Morgan fingerprint density at radius 2 is 2.33 bits per heavy atom. The molecular weight excluding hydrogens is 228 g/mol. The van der Waals surface area contributed by atoms with Crippen molar-refractivity contribution in [2.24, 2.45) is 5.92 Å². The Morgan fingerprint density at radius 1 is 1.44 bits per heavy atom. The Morgan fingerprint density at radius 3 is 3.00 bits per heavy atom. The van der Waals surface area contributed by atoms with Gasteiger partial charge in [-0.05, 0) is 37.1 Å². The van der Waals surface area contributed by atoms with Crippen LogP contribution in [0.4, 0.5) is 5.82 Å². The Balaban J connectivity index is 1.62. The number of anilines is 1. The van der Waals surface area contributed by atoms with Crippen molar-refractivity contribution in [1.82, 2.24) is 4.98 Å². The van der Waals surface area contributed by atoms with E-state index in [0.717, 1.165) is 17.7 Å². The molecule has 4 nitrogen and oxygen atoms in total. The normalized spacial score (nSPS) is 21.6. The van der Waals surface area contributed by atoms with Gasteiger partial charge in [0, 0.05) is 18.0 Å². The second kappa shape index (κ2) is 4.29. The number of furan rings is 1. The summed E-state index contributed by atoms with van der Waals surface area (Å²) < 4.78 is 5.31. The molecule has 1 amide bonds. The smallest absolute Gasteiger partial charge is 0.229 e. The number of carbonyl (C=O) groups excluding carboxylic acids is 1. The lowest BCUT2D eigenvalue weighted by Gasteiger charge is -2.03. The highest BCUT2D eigenvalue weighted by atomic mass is 16.3. The van der Waals surface area contributed by atoms with E-state index in [1.54, 1.807) is 12.5 Å². The van der Waals surface area contributed by atoms with E-state index in [1.807, 2.05) is 31.2 Å². The highest BCUT2D eigenvalue weighted by Gasteiger charge is 2.45. The van der Waals surface area contributed by atoms with Gasteiger partial charge >= 0.3 is 0 Å². The fourth-order valence-electron chi connectivity index (χ4n) is 2.06. The number of rotatable bonds is 3. The first kappa shape index (κ1) is 11.0. The number of aromatic nitrogens is 1. The molecule has 2 heterocycles. The van der Waals surface area contributed by atoms with Gasteiger partial charge in [0.25, 0.3) is 0 Å². The van der Waals surface area contributed by atoms with Gasteiger partial charge in [0.15, 0.2) is 0 Å². The number of amides is 1. The van der Waals surface area contributed by atoms with Gasteiger partial charge in [-0.15, -0.1) is 0 Å². The van der Waals surface area contributed by atoms with Crippen LogP contribution in [0.3, 0.4) is 0 Å². The van der Waals surface area contributed by atoms with E-state index in [2.05, 4.69) is 10.3 Å². The molecule has 2 aromatic heterocycles. The highest BCUT2D eigenvalue weighted by molar-refractivity contribution is 5.94. The summed E-state index contributed by atoms with van der Waals surface area (Å²) in [6.45, 7) is 1.96. The van der Waals surface area contributed by atoms with Crippen molar-refractivity contribution in [3.05, 3.63) is 48.0 Å². The molecule has 1 N–H and O–H groups in total. The van der Waals surface area contributed by atoms with Gasteiger partial charge in [0.2, 0.25) is 5.91 Å². The summed E-state index contributed by atoms with van der Waals surface area (Å²) in [4.78, 5) is 16.1. The summed E-state index contributed by atoms with van der Waals surface area (Å²) in [6, 6.07) is 7.52. The molecule has 2 atom stereocenters. The van der Waals surface area contributed by atoms with Gasteiger partial charge in [-0.25, -0.2) is 4.98 Å². The third-order valence-electron chi connectivity index (χ3n) is 3.20. The summed E-state index contributed by atoms with van der Waals surface area (Å²) in [5.74, 6) is 1.76. The van der Waals surface area contributed by atoms with Crippen LogP contribution in [0.25, 0.3) is 0 Å². The average molecular weight is 242 g/mol. The molecule has 0 aromatic carbocycles. The van der Waals surface area contributed by atoms with E-state index >= 15 is 0 Å². The molecule has 1 saturated carbocycles. The third-order valence-corrected chi connectivity index (χ3v) is 3.20. The van der Waals surface area contributed by atoms with Crippen molar-refractivity contribution in [3.8, 4) is 0 Å². The molecule has 0 bridgehead atoms. The second-order valence-corrected chi connectivity index (χ2v) is 4.67. The Labute approximate surface area is 105 Å². The summed E-state index contributed by atoms with van der Waals surface area (Å²) >= 11 is 0. The molecule has 2 aromatic rings. The number of nitrogens with one attached hydrogen (secondary N) is 1. The number of pyridine rings is 1. The van der Waals surface area contributed by atoms with Crippen LogP contribution in [0, 0.1) is 12.8 Å². The van der Waals surface area contributed by atoms with Gasteiger partial charge < -0.3 is 9.73 Å². The molecule has 0 saturated heterocycles. The standard InChI is InChI=1S/C14H14N2O2/c1-9-4-5-13(15-8-9)16-14(17)11-7-10(11)12-3-2-6-18-12/h2-6,8,10-11H,7H2,1H3,(H,15,16,17)/t10-,11+/m0/s1. The Hall–Kier alpha value is -2.10. The minimum atomic E-state index is 0.0132. The van der Waals surface area contributed by atoms with E-state index in [0.29, 0.717) is 5.82 Å². The number of nitrogens with zero attached hydrogens (tertiary/aromatic N) is 1. The molecule has 3 rings (SSSR count). The Kier molecular flexibility index (Phi) is 2.63. The largest absolute Gasteiger partial charge is 0.469 e. The zero-order valence-electron chi connectivity index (χ0n) is 10.1. The topological polar surface area (TPSA) is 55.1 Å². The molecule has 0 aliphatic heterocycles. The van der Waals surface area contributed by atoms with Crippen LogP contribution >= 0.6 is 0 Å². The zero-order valence-corrected chi connectivity index (χ0v) is 10.1. The van der Waals surface area contributed by atoms with Gasteiger partial charge in [-0.2, -0.15) is 0 Å². The fourth-order valence-corrected chi connectivity index (χ4v) is 2.06. The zero-order chi connectivity index (χ0) is 12.5. The number of hydrogen-bond donors (Lipinski definition) is 1. The molecule has 1 aliphatic rings. The van der Waals surface area contributed by atoms with Crippen molar-refractivity contribution in [3.63, 3.8) is 0 Å². The van der Waals surface area contributed by atoms with E-state index in [4.69, 9.17) is 4.42 Å². The minimum Gasteiger partial charge on any atom is -0.469 e. The van der Waals surface area contributed by atoms with Crippen molar-refractivity contribution < 1.29 is 9.21 Å². The first-order chi connectivity index (χ1) is 8.74. The van der Waals surface area contributed by atoms with Crippen LogP contribution < -0.4 is 5.32 Å². The molecule has 92 valence electrons. The predicted molar refractivity (Wildman–Crippen MR) is 67.2 cm³/mol. The monoisotopic (exact) mass is 242 g/mol. The van der Waals surface area contributed by atoms with Gasteiger partial charge in [0.1, 0.15) is 11.6 Å². The lowest BCUT2D eigenvalue weighted by atomic mass is 10.2. The third kappa shape index (κ3) is 2.14. The molecule has 0 spiro atoms. The maximum absolute atomic E-state index is 12.0. The highest BCUT2D eigenvalue weighted by Crippen LogP contribution is 2.48. The number of hydrogen-bond acceptors (Lipinski definition) is 3. The molecule has 1 fully saturated rings. The molecule has 4 heteroatoms. The summed E-state index contributed by atoms with van der Waals surface area (Å²) in [5, 5.41) is 2.83. The van der Waals surface area contributed by atoms with E-state index < -0.39 is 0 Å². The molecular formula is C14H14N2O2. The van der Waals surface area contributed by atoms with Crippen molar-refractivity contribution in [2.75, 3.05) is 5.32 Å². The van der Waals surface area contributed by atoms with Crippen LogP contribution in [0.5, 0.6) is 0 Å². The first-order valence-electron chi connectivity index (χ1n) is 6.01. The first-order valence-corrected chi connectivity index (χ1v) is 6.01. The maximum atomic E-state index is 12.0. The predicted octanol–water partition coefficient (Wildman–Crippen LogP) is 2.73.